The summed E-state index contributed by atoms with van der Waals surface area (Å²) in [6, 6.07) is 5.15. The fraction of sp³-hybridized carbons (Fsp3) is 0.409. The molecule has 3 aromatic rings. The summed E-state index contributed by atoms with van der Waals surface area (Å²) in [5, 5.41) is 6.72. The number of amides is 1. The number of ether oxygens (including phenoxy) is 2. The van der Waals surface area contributed by atoms with E-state index in [2.05, 4.69) is 39.0 Å². The molecule has 1 aliphatic heterocycles. The lowest BCUT2D eigenvalue weighted by atomic mass is 9.86. The standard InChI is InChI=1S/C22H27N7O3S/c1-22(2)10-14(7-8-31-22)18-9-19(32-15-5-6-17(24-11-15)20(30)23-3)27-21(26-18)28-33-16-12-25-29(4)13-16/h5-6,9,11-14H,7-8,10H2,1-4H3,(H,23,30)(H,26,27,28). The molecule has 1 atom stereocenters. The van der Waals surface area contributed by atoms with Crippen molar-refractivity contribution < 1.29 is 14.3 Å². The summed E-state index contributed by atoms with van der Waals surface area (Å²) in [6.45, 7) is 4.86. The van der Waals surface area contributed by atoms with Crippen molar-refractivity contribution in [2.24, 2.45) is 7.05 Å². The van der Waals surface area contributed by atoms with Crippen LogP contribution < -0.4 is 14.8 Å². The second-order valence-electron chi connectivity index (χ2n) is 8.37. The largest absolute Gasteiger partial charge is 0.437 e. The summed E-state index contributed by atoms with van der Waals surface area (Å²) >= 11 is 1.38. The van der Waals surface area contributed by atoms with Gasteiger partial charge >= 0.3 is 0 Å². The molecule has 174 valence electrons. The van der Waals surface area contributed by atoms with Gasteiger partial charge in [0.25, 0.3) is 5.91 Å². The monoisotopic (exact) mass is 469 g/mol. The van der Waals surface area contributed by atoms with Gasteiger partial charge < -0.3 is 14.8 Å². The summed E-state index contributed by atoms with van der Waals surface area (Å²) in [5.74, 6) is 1.28. The van der Waals surface area contributed by atoms with Crippen LogP contribution in [0.5, 0.6) is 11.6 Å². The van der Waals surface area contributed by atoms with E-state index in [1.807, 2.05) is 19.3 Å². The highest BCUT2D eigenvalue weighted by molar-refractivity contribution is 8.00. The quantitative estimate of drug-likeness (QED) is 0.501. The first-order valence-electron chi connectivity index (χ1n) is 10.6. The average Bonchev–Trinajstić information content (AvgIpc) is 3.22. The smallest absolute Gasteiger partial charge is 0.269 e. The van der Waals surface area contributed by atoms with E-state index in [-0.39, 0.29) is 17.4 Å². The van der Waals surface area contributed by atoms with Crippen LogP contribution >= 0.6 is 11.9 Å². The minimum absolute atomic E-state index is 0.216. The number of pyridine rings is 1. The van der Waals surface area contributed by atoms with Gasteiger partial charge in [-0.15, -0.1) is 0 Å². The van der Waals surface area contributed by atoms with Crippen LogP contribution in [0.2, 0.25) is 0 Å². The number of nitrogens with one attached hydrogen (secondary N) is 2. The Hall–Kier alpha value is -3.18. The van der Waals surface area contributed by atoms with Gasteiger partial charge in [0.2, 0.25) is 11.8 Å². The van der Waals surface area contributed by atoms with Gasteiger partial charge in [0.05, 0.1) is 28.6 Å². The molecule has 2 N–H and O–H groups in total. The Labute approximate surface area is 196 Å². The maximum absolute atomic E-state index is 11.7. The lowest BCUT2D eigenvalue weighted by Crippen LogP contribution is -2.33. The van der Waals surface area contributed by atoms with Gasteiger partial charge in [-0.1, -0.05) is 0 Å². The SMILES string of the molecule is CNC(=O)c1ccc(Oc2cc(C3CCOC(C)(C)C3)nc(NSc3cnn(C)c3)n2)cn1. The summed E-state index contributed by atoms with van der Waals surface area (Å²) in [7, 11) is 3.43. The predicted molar refractivity (Wildman–Crippen MR) is 124 cm³/mol. The molecule has 1 unspecified atom stereocenters. The van der Waals surface area contributed by atoms with Crippen LogP contribution in [0.25, 0.3) is 0 Å². The Morgan fingerprint density at radius 1 is 1.30 bits per heavy atom. The molecule has 10 nitrogen and oxygen atoms in total. The van der Waals surface area contributed by atoms with Gasteiger partial charge in [-0.2, -0.15) is 10.1 Å². The molecular weight excluding hydrogens is 442 g/mol. The highest BCUT2D eigenvalue weighted by Gasteiger charge is 2.31. The third kappa shape index (κ3) is 5.99. The van der Waals surface area contributed by atoms with Gasteiger partial charge in [-0.3, -0.25) is 14.2 Å². The second kappa shape index (κ2) is 9.75. The van der Waals surface area contributed by atoms with Crippen molar-refractivity contribution in [3.63, 3.8) is 0 Å². The zero-order valence-corrected chi connectivity index (χ0v) is 19.8. The number of aromatic nitrogens is 5. The number of carbonyl (C=O) groups excluding carboxylic acids is 1. The summed E-state index contributed by atoms with van der Waals surface area (Å²) in [5.41, 5.74) is 0.987. The molecule has 11 heteroatoms. The first kappa shape index (κ1) is 23.0. The minimum Gasteiger partial charge on any atom is -0.437 e. The number of carbonyl (C=O) groups is 1. The van der Waals surface area contributed by atoms with Crippen LogP contribution in [-0.4, -0.2) is 49.9 Å². The first-order valence-corrected chi connectivity index (χ1v) is 11.4. The van der Waals surface area contributed by atoms with Crippen LogP contribution in [0.4, 0.5) is 5.95 Å². The van der Waals surface area contributed by atoms with Crippen molar-refractivity contribution in [3.05, 3.63) is 48.2 Å². The Kier molecular flexibility index (Phi) is 6.80. The average molecular weight is 470 g/mol. The molecule has 3 aromatic heterocycles. The third-order valence-electron chi connectivity index (χ3n) is 5.20. The van der Waals surface area contributed by atoms with Gasteiger partial charge in [0, 0.05) is 38.9 Å². The van der Waals surface area contributed by atoms with Gasteiger partial charge in [0.1, 0.15) is 11.4 Å². The highest BCUT2D eigenvalue weighted by Crippen LogP contribution is 2.36. The maximum Gasteiger partial charge on any atom is 0.269 e. The van der Waals surface area contributed by atoms with Crippen molar-refractivity contribution in [1.29, 1.82) is 0 Å². The molecule has 0 radical (unpaired) electrons. The summed E-state index contributed by atoms with van der Waals surface area (Å²) in [6.07, 6.45) is 6.89. The van der Waals surface area contributed by atoms with E-state index in [1.165, 1.54) is 18.1 Å². The molecule has 0 aliphatic carbocycles. The number of aryl methyl sites for hydroxylation is 1. The lowest BCUT2D eigenvalue weighted by molar-refractivity contribution is -0.0598. The Balaban J connectivity index is 1.58. The highest BCUT2D eigenvalue weighted by atomic mass is 32.2. The van der Waals surface area contributed by atoms with Gasteiger partial charge in [-0.05, 0) is 50.8 Å². The minimum atomic E-state index is -0.257. The van der Waals surface area contributed by atoms with Crippen molar-refractivity contribution in [1.82, 2.24) is 30.0 Å². The predicted octanol–water partition coefficient (Wildman–Crippen LogP) is 3.55. The molecule has 33 heavy (non-hydrogen) atoms. The molecule has 0 saturated carbocycles. The summed E-state index contributed by atoms with van der Waals surface area (Å²) in [4.78, 5) is 26.1. The number of anilines is 1. The van der Waals surface area contributed by atoms with Crippen molar-refractivity contribution in [2.75, 3.05) is 18.4 Å². The van der Waals surface area contributed by atoms with Gasteiger partial charge in [0.15, 0.2) is 0 Å². The number of hydrogen-bond acceptors (Lipinski definition) is 9. The third-order valence-corrected chi connectivity index (χ3v) is 5.93. The summed E-state index contributed by atoms with van der Waals surface area (Å²) < 4.78 is 16.8. The molecule has 1 amide bonds. The van der Waals surface area contributed by atoms with E-state index in [9.17, 15) is 4.79 Å². The molecule has 0 spiro atoms. The number of nitrogens with zero attached hydrogens (tertiary/aromatic N) is 5. The molecule has 4 rings (SSSR count). The molecule has 1 saturated heterocycles. The Morgan fingerprint density at radius 3 is 2.82 bits per heavy atom. The molecule has 1 aliphatic rings. The fourth-order valence-corrected chi connectivity index (χ4v) is 4.22. The van der Waals surface area contributed by atoms with E-state index in [0.717, 1.165) is 23.4 Å². The fourth-order valence-electron chi connectivity index (χ4n) is 3.61. The Bertz CT molecular complexity index is 1120. The van der Waals surface area contributed by atoms with Crippen LogP contribution in [0.15, 0.2) is 41.7 Å². The molecular formula is C22H27N7O3S. The number of rotatable bonds is 7. The topological polar surface area (TPSA) is 116 Å². The molecule has 1 fully saturated rings. The van der Waals surface area contributed by atoms with Gasteiger partial charge in [-0.25, -0.2) is 9.97 Å². The van der Waals surface area contributed by atoms with Crippen molar-refractivity contribution >= 4 is 23.8 Å². The molecule has 0 aromatic carbocycles. The molecule has 0 bridgehead atoms. The van der Waals surface area contributed by atoms with Crippen molar-refractivity contribution in [2.45, 2.75) is 43.1 Å². The van der Waals surface area contributed by atoms with Crippen LogP contribution in [0.1, 0.15) is 48.8 Å². The van der Waals surface area contributed by atoms with E-state index >= 15 is 0 Å². The number of hydrogen-bond donors (Lipinski definition) is 2. The zero-order valence-electron chi connectivity index (χ0n) is 19.0. The lowest BCUT2D eigenvalue weighted by Gasteiger charge is -2.35. The van der Waals surface area contributed by atoms with Crippen LogP contribution in [0.3, 0.4) is 0 Å². The van der Waals surface area contributed by atoms with Crippen molar-refractivity contribution in [3.8, 4) is 11.6 Å². The van der Waals surface area contributed by atoms with E-state index in [4.69, 9.17) is 14.5 Å². The van der Waals surface area contributed by atoms with E-state index in [0.29, 0.717) is 29.9 Å². The second-order valence-corrected chi connectivity index (χ2v) is 9.25. The van der Waals surface area contributed by atoms with Crippen LogP contribution in [0, 0.1) is 0 Å². The molecule has 4 heterocycles. The van der Waals surface area contributed by atoms with E-state index < -0.39 is 0 Å². The first-order chi connectivity index (χ1) is 15.8. The zero-order chi connectivity index (χ0) is 23.4. The Morgan fingerprint density at radius 2 is 2.15 bits per heavy atom. The maximum atomic E-state index is 11.7. The van der Waals surface area contributed by atoms with E-state index in [1.54, 1.807) is 30.1 Å². The normalized spacial score (nSPS) is 17.4. The van der Waals surface area contributed by atoms with Crippen LogP contribution in [-0.2, 0) is 11.8 Å².